The van der Waals surface area contributed by atoms with Gasteiger partial charge in [0.25, 0.3) is 0 Å². The molecule has 0 aliphatic heterocycles. The molecular formula is C22H19F3N6O3. The first-order chi connectivity index (χ1) is 16.2. The molecule has 0 fully saturated rings. The second-order valence-electron chi connectivity index (χ2n) is 6.87. The number of hydrogen-bond donors (Lipinski definition) is 3. The van der Waals surface area contributed by atoms with E-state index in [0.29, 0.717) is 30.3 Å². The van der Waals surface area contributed by atoms with Crippen LogP contribution in [0.3, 0.4) is 0 Å². The number of hydrogen-bond acceptors (Lipinski definition) is 6. The third kappa shape index (κ3) is 7.06. The van der Waals surface area contributed by atoms with Gasteiger partial charge >= 0.3 is 12.1 Å². The van der Waals surface area contributed by atoms with Crippen LogP contribution in [-0.4, -0.2) is 44.9 Å². The monoisotopic (exact) mass is 472 g/mol. The number of anilines is 1. The quantitative estimate of drug-likeness (QED) is 0.359. The largest absolute Gasteiger partial charge is 0.491 e. The van der Waals surface area contributed by atoms with Crippen LogP contribution < -0.4 is 15.4 Å². The molecule has 0 aliphatic rings. The van der Waals surface area contributed by atoms with Gasteiger partial charge in [0.1, 0.15) is 23.6 Å². The highest BCUT2D eigenvalue weighted by atomic mass is 19.4. The Morgan fingerprint density at radius 2 is 1.94 bits per heavy atom. The minimum Gasteiger partial charge on any atom is -0.491 e. The number of aromatic nitrogens is 4. The maximum Gasteiger partial charge on any atom is 0.432 e. The molecule has 2 amide bonds. The molecule has 0 radical (unpaired) electrons. The summed E-state index contributed by atoms with van der Waals surface area (Å²) in [5, 5.41) is 5.21. The fraction of sp³-hybridized carbons (Fsp3) is 0.227. The van der Waals surface area contributed by atoms with Crippen LogP contribution in [0.2, 0.25) is 0 Å². The van der Waals surface area contributed by atoms with E-state index < -0.39 is 17.8 Å². The summed E-state index contributed by atoms with van der Waals surface area (Å²) in [6.45, 7) is 2.01. The lowest BCUT2D eigenvalue weighted by atomic mass is 10.1. The number of alkyl halides is 3. The van der Waals surface area contributed by atoms with Crippen molar-refractivity contribution in [2.45, 2.75) is 19.5 Å². The van der Waals surface area contributed by atoms with E-state index >= 15 is 0 Å². The van der Waals surface area contributed by atoms with Crippen molar-refractivity contribution in [1.29, 1.82) is 0 Å². The smallest absolute Gasteiger partial charge is 0.432 e. The average molecular weight is 472 g/mol. The van der Waals surface area contributed by atoms with Crippen LogP contribution in [0.1, 0.15) is 24.6 Å². The van der Waals surface area contributed by atoms with E-state index in [9.17, 15) is 22.8 Å². The molecule has 0 bridgehead atoms. The Morgan fingerprint density at radius 3 is 2.62 bits per heavy atom. The molecule has 0 atom stereocenters. The molecule has 34 heavy (non-hydrogen) atoms. The molecule has 1 aromatic carbocycles. The van der Waals surface area contributed by atoms with Gasteiger partial charge in [0, 0.05) is 37.3 Å². The second-order valence-corrected chi connectivity index (χ2v) is 6.87. The molecule has 3 aromatic rings. The van der Waals surface area contributed by atoms with Gasteiger partial charge < -0.3 is 20.4 Å². The molecule has 3 N–H and O–H groups in total. The average Bonchev–Trinajstić information content (AvgIpc) is 3.30. The number of nitrogens with zero attached hydrogens (tertiary/aromatic N) is 3. The number of ether oxygens (including phenoxy) is 1. The van der Waals surface area contributed by atoms with Crippen LogP contribution in [-0.2, 0) is 15.8 Å². The van der Waals surface area contributed by atoms with Crippen molar-refractivity contribution in [1.82, 2.24) is 25.3 Å². The standard InChI is InChI=1S/C22H19F3N6O3/c1-14(32)28-7-2-8-34-18-5-4-16(21-29-12-19(31-21)22(23,24)25)9-17(18)30-20(33)6-3-15-10-26-13-27-11-15/h4-5,9-13H,2,7-8H2,1H3,(H,28,32)(H,29,31)(H,30,33). The molecule has 0 aliphatic carbocycles. The molecule has 176 valence electrons. The van der Waals surface area contributed by atoms with Crippen LogP contribution in [0.15, 0.2) is 43.1 Å². The van der Waals surface area contributed by atoms with Crippen molar-refractivity contribution in [3.8, 4) is 29.0 Å². The molecule has 2 heterocycles. The first kappa shape index (κ1) is 24.2. The van der Waals surface area contributed by atoms with Gasteiger partial charge in [0.2, 0.25) is 5.91 Å². The van der Waals surface area contributed by atoms with Crippen LogP contribution in [0, 0.1) is 11.8 Å². The molecule has 9 nitrogen and oxygen atoms in total. The lowest BCUT2D eigenvalue weighted by Crippen LogP contribution is -2.22. The summed E-state index contributed by atoms with van der Waals surface area (Å²) in [5.74, 6) is 4.39. The Bertz CT molecular complexity index is 1220. The Kier molecular flexibility index (Phi) is 7.81. The van der Waals surface area contributed by atoms with Gasteiger partial charge in [0.05, 0.1) is 24.1 Å². The predicted molar refractivity (Wildman–Crippen MR) is 115 cm³/mol. The highest BCUT2D eigenvalue weighted by Crippen LogP contribution is 2.32. The van der Waals surface area contributed by atoms with Gasteiger partial charge in [-0.05, 0) is 24.6 Å². The van der Waals surface area contributed by atoms with Crippen molar-refractivity contribution in [2.24, 2.45) is 0 Å². The lowest BCUT2D eigenvalue weighted by molar-refractivity contribution is -0.140. The zero-order valence-electron chi connectivity index (χ0n) is 17.9. The second kappa shape index (κ2) is 11.0. The number of imidazole rings is 1. The molecule has 0 saturated carbocycles. The van der Waals surface area contributed by atoms with Gasteiger partial charge in [-0.25, -0.2) is 15.0 Å². The summed E-state index contributed by atoms with van der Waals surface area (Å²) in [6, 6.07) is 4.43. The number of amides is 2. The number of carbonyl (C=O) groups excluding carboxylic acids is 2. The number of halogens is 3. The van der Waals surface area contributed by atoms with E-state index in [2.05, 4.69) is 42.4 Å². The molecule has 0 unspecified atom stereocenters. The minimum atomic E-state index is -4.57. The van der Waals surface area contributed by atoms with Crippen LogP contribution >= 0.6 is 0 Å². The highest BCUT2D eigenvalue weighted by Gasteiger charge is 2.33. The highest BCUT2D eigenvalue weighted by molar-refractivity contribution is 6.05. The van der Waals surface area contributed by atoms with Crippen LogP contribution in [0.25, 0.3) is 11.4 Å². The summed E-state index contributed by atoms with van der Waals surface area (Å²) in [4.78, 5) is 36.9. The van der Waals surface area contributed by atoms with Gasteiger partial charge in [-0.1, -0.05) is 5.92 Å². The maximum absolute atomic E-state index is 12.9. The van der Waals surface area contributed by atoms with Crippen molar-refractivity contribution in [3.05, 3.63) is 54.4 Å². The van der Waals surface area contributed by atoms with Crippen molar-refractivity contribution in [3.63, 3.8) is 0 Å². The predicted octanol–water partition coefficient (Wildman–Crippen LogP) is 2.78. The van der Waals surface area contributed by atoms with Gasteiger partial charge in [-0.3, -0.25) is 9.59 Å². The minimum absolute atomic E-state index is 0.0347. The van der Waals surface area contributed by atoms with Crippen molar-refractivity contribution < 1.29 is 27.5 Å². The zero-order valence-corrected chi connectivity index (χ0v) is 17.9. The molecule has 12 heteroatoms. The SMILES string of the molecule is CC(=O)NCCCOc1ccc(-c2ncc(C(F)(F)F)[nH]2)cc1NC(=O)C#Cc1cncnc1. The number of benzene rings is 1. The fourth-order valence-electron chi connectivity index (χ4n) is 2.68. The Hall–Kier alpha value is -4.40. The van der Waals surface area contributed by atoms with Gasteiger partial charge in [-0.2, -0.15) is 13.2 Å². The summed E-state index contributed by atoms with van der Waals surface area (Å²) in [7, 11) is 0. The zero-order chi connectivity index (χ0) is 24.6. The third-order valence-electron chi connectivity index (χ3n) is 4.22. The molecular weight excluding hydrogens is 453 g/mol. The summed E-state index contributed by atoms with van der Waals surface area (Å²) in [6.07, 6.45) is 0.809. The normalized spacial score (nSPS) is 10.7. The topological polar surface area (TPSA) is 122 Å². The molecule has 3 rings (SSSR count). The van der Waals surface area contributed by atoms with E-state index in [4.69, 9.17) is 4.74 Å². The summed E-state index contributed by atoms with van der Waals surface area (Å²) >= 11 is 0. The fourth-order valence-corrected chi connectivity index (χ4v) is 2.68. The van der Waals surface area contributed by atoms with Crippen LogP contribution in [0.5, 0.6) is 5.75 Å². The van der Waals surface area contributed by atoms with Gasteiger partial charge in [-0.15, -0.1) is 0 Å². The molecule has 2 aromatic heterocycles. The first-order valence-corrected chi connectivity index (χ1v) is 9.94. The van der Waals surface area contributed by atoms with E-state index in [1.54, 1.807) is 0 Å². The number of nitrogens with one attached hydrogen (secondary N) is 3. The van der Waals surface area contributed by atoms with Gasteiger partial charge in [0.15, 0.2) is 0 Å². The number of rotatable bonds is 7. The Morgan fingerprint density at radius 1 is 1.18 bits per heavy atom. The third-order valence-corrected chi connectivity index (χ3v) is 4.22. The Balaban J connectivity index is 1.80. The van der Waals surface area contributed by atoms with Crippen molar-refractivity contribution in [2.75, 3.05) is 18.5 Å². The number of aromatic amines is 1. The lowest BCUT2D eigenvalue weighted by Gasteiger charge is -2.13. The van der Waals surface area contributed by atoms with E-state index in [0.717, 1.165) is 0 Å². The summed E-state index contributed by atoms with van der Waals surface area (Å²) < 4.78 is 44.4. The van der Waals surface area contributed by atoms with E-state index in [1.165, 1.54) is 43.8 Å². The van der Waals surface area contributed by atoms with E-state index in [1.807, 2.05) is 0 Å². The Labute approximate surface area is 192 Å². The summed E-state index contributed by atoms with van der Waals surface area (Å²) in [5.41, 5.74) is -0.0927. The first-order valence-electron chi connectivity index (χ1n) is 9.94. The van der Waals surface area contributed by atoms with E-state index in [-0.39, 0.29) is 29.8 Å². The van der Waals surface area contributed by atoms with Crippen molar-refractivity contribution >= 4 is 17.5 Å². The number of H-pyrrole nitrogens is 1. The van der Waals surface area contributed by atoms with Crippen LogP contribution in [0.4, 0.5) is 18.9 Å². The molecule has 0 saturated heterocycles. The maximum atomic E-state index is 12.9. The number of carbonyl (C=O) groups is 2. The molecule has 0 spiro atoms.